The van der Waals surface area contributed by atoms with Crippen molar-refractivity contribution in [2.24, 2.45) is 0 Å². The zero-order valence-electron chi connectivity index (χ0n) is 16.6. The quantitative estimate of drug-likeness (QED) is 0.478. The second kappa shape index (κ2) is 8.32. The predicted molar refractivity (Wildman–Crippen MR) is 112 cm³/mol. The van der Waals surface area contributed by atoms with E-state index in [0.29, 0.717) is 17.4 Å². The van der Waals surface area contributed by atoms with Crippen molar-refractivity contribution in [1.82, 2.24) is 24.6 Å². The lowest BCUT2D eigenvalue weighted by molar-refractivity contribution is 0.102. The maximum absolute atomic E-state index is 12.8. The highest BCUT2D eigenvalue weighted by atomic mass is 16.3. The number of furan rings is 1. The van der Waals surface area contributed by atoms with Gasteiger partial charge in [0.1, 0.15) is 5.69 Å². The molecule has 150 valence electrons. The van der Waals surface area contributed by atoms with Crippen LogP contribution in [0.4, 0.5) is 5.95 Å². The summed E-state index contributed by atoms with van der Waals surface area (Å²) in [5.74, 6) is 0.826. The fraction of sp³-hybridized carbons (Fsp3) is 0.286. The molecule has 29 heavy (non-hydrogen) atoms. The van der Waals surface area contributed by atoms with Crippen LogP contribution >= 0.6 is 0 Å². The summed E-state index contributed by atoms with van der Waals surface area (Å²) in [6, 6.07) is 13.1. The number of nitrogens with one attached hydrogen (secondary N) is 2. The number of fused-ring (bicyclic) bond motifs is 1. The summed E-state index contributed by atoms with van der Waals surface area (Å²) in [4.78, 5) is 19.7. The van der Waals surface area contributed by atoms with Crippen LogP contribution in [0.3, 0.4) is 0 Å². The Hall–Kier alpha value is -3.39. The lowest BCUT2D eigenvalue weighted by atomic mass is 10.3. The van der Waals surface area contributed by atoms with Gasteiger partial charge in [0.05, 0.1) is 17.3 Å². The normalized spacial score (nSPS) is 11.4. The van der Waals surface area contributed by atoms with E-state index >= 15 is 0 Å². The van der Waals surface area contributed by atoms with E-state index in [1.165, 1.54) is 0 Å². The topological polar surface area (TPSA) is 92.0 Å². The number of para-hydroxylation sites is 2. The molecular weight excluding hydrogens is 368 g/mol. The molecule has 0 saturated heterocycles. The minimum absolute atomic E-state index is 0.277. The summed E-state index contributed by atoms with van der Waals surface area (Å²) < 4.78 is 7.39. The molecule has 0 bridgehead atoms. The Labute approximate surface area is 168 Å². The summed E-state index contributed by atoms with van der Waals surface area (Å²) in [7, 11) is 0. The van der Waals surface area contributed by atoms with Gasteiger partial charge in [-0.2, -0.15) is 5.10 Å². The van der Waals surface area contributed by atoms with E-state index in [1.54, 1.807) is 18.4 Å². The van der Waals surface area contributed by atoms with Crippen molar-refractivity contribution in [3.8, 4) is 11.5 Å². The predicted octanol–water partition coefficient (Wildman–Crippen LogP) is 3.61. The first kappa shape index (κ1) is 18.9. The third-order valence-corrected chi connectivity index (χ3v) is 5.01. The number of aromatic nitrogens is 4. The van der Waals surface area contributed by atoms with Gasteiger partial charge in [-0.15, -0.1) is 0 Å². The largest absolute Gasteiger partial charge is 0.463 e. The van der Waals surface area contributed by atoms with Gasteiger partial charge in [0.2, 0.25) is 5.95 Å². The molecule has 0 saturated carbocycles. The van der Waals surface area contributed by atoms with Crippen molar-refractivity contribution < 1.29 is 9.21 Å². The third-order valence-electron chi connectivity index (χ3n) is 5.01. The zero-order valence-corrected chi connectivity index (χ0v) is 16.6. The van der Waals surface area contributed by atoms with Crippen molar-refractivity contribution >= 4 is 22.9 Å². The van der Waals surface area contributed by atoms with Gasteiger partial charge in [0.15, 0.2) is 11.5 Å². The average Bonchev–Trinajstić information content (AvgIpc) is 3.48. The van der Waals surface area contributed by atoms with E-state index in [2.05, 4.69) is 39.2 Å². The first-order valence-electron chi connectivity index (χ1n) is 9.77. The van der Waals surface area contributed by atoms with Gasteiger partial charge >= 0.3 is 0 Å². The number of carbonyl (C=O) groups is 1. The molecule has 0 aliphatic rings. The number of hydrogen-bond donors (Lipinski definition) is 2. The lowest BCUT2D eigenvalue weighted by Crippen LogP contribution is -2.27. The molecule has 0 spiro atoms. The zero-order chi connectivity index (χ0) is 20.2. The molecule has 1 amide bonds. The number of hydrogen-bond acceptors (Lipinski definition) is 5. The van der Waals surface area contributed by atoms with Crippen LogP contribution in [0, 0.1) is 0 Å². The molecule has 8 heteroatoms. The molecule has 0 fully saturated rings. The van der Waals surface area contributed by atoms with Crippen molar-refractivity contribution in [2.75, 3.05) is 25.0 Å². The Bertz CT molecular complexity index is 1090. The summed E-state index contributed by atoms with van der Waals surface area (Å²) in [6.45, 7) is 7.86. The Morgan fingerprint density at radius 1 is 1.21 bits per heavy atom. The molecule has 2 N–H and O–H groups in total. The van der Waals surface area contributed by atoms with E-state index in [-0.39, 0.29) is 11.6 Å². The molecule has 0 radical (unpaired) electrons. The minimum Gasteiger partial charge on any atom is -0.463 e. The van der Waals surface area contributed by atoms with Crippen LogP contribution in [0.25, 0.3) is 22.5 Å². The standard InChI is InChI=1S/C21H24N6O2/c1-3-26(4-2)11-12-27-18-9-6-5-8-15(18)22-21(27)23-20(28)17-14-16(24-25-17)19-10-7-13-29-19/h5-10,13-14H,3-4,11-12H2,1-2H3,(H,24,25)(H,22,23,28). The Kier molecular flexibility index (Phi) is 5.44. The maximum Gasteiger partial charge on any atom is 0.278 e. The smallest absolute Gasteiger partial charge is 0.278 e. The molecule has 4 aromatic rings. The molecule has 0 atom stereocenters. The second-order valence-corrected chi connectivity index (χ2v) is 6.70. The van der Waals surface area contributed by atoms with Crippen molar-refractivity contribution in [3.63, 3.8) is 0 Å². The number of amides is 1. The Morgan fingerprint density at radius 2 is 2.03 bits per heavy atom. The van der Waals surface area contributed by atoms with Crippen molar-refractivity contribution in [1.29, 1.82) is 0 Å². The highest BCUT2D eigenvalue weighted by molar-refractivity contribution is 6.03. The average molecular weight is 392 g/mol. The summed E-state index contributed by atoms with van der Waals surface area (Å²) in [5.41, 5.74) is 2.77. The molecule has 3 heterocycles. The van der Waals surface area contributed by atoms with Crippen LogP contribution in [0.15, 0.2) is 53.1 Å². The summed E-state index contributed by atoms with van der Waals surface area (Å²) in [5, 5.41) is 9.86. The monoisotopic (exact) mass is 392 g/mol. The lowest BCUT2D eigenvalue weighted by Gasteiger charge is -2.19. The summed E-state index contributed by atoms with van der Waals surface area (Å²) in [6.07, 6.45) is 1.58. The maximum atomic E-state index is 12.8. The number of aromatic amines is 1. The second-order valence-electron chi connectivity index (χ2n) is 6.70. The van der Waals surface area contributed by atoms with E-state index in [1.807, 2.05) is 34.9 Å². The van der Waals surface area contributed by atoms with Crippen LogP contribution in [-0.2, 0) is 6.54 Å². The third kappa shape index (κ3) is 3.93. The van der Waals surface area contributed by atoms with E-state index in [9.17, 15) is 4.79 Å². The SMILES string of the molecule is CCN(CC)CCn1c(NC(=O)c2cc(-c3ccco3)[nH]n2)nc2ccccc21. The molecular formula is C21H24N6O2. The van der Waals surface area contributed by atoms with E-state index in [4.69, 9.17) is 4.42 Å². The van der Waals surface area contributed by atoms with Crippen LogP contribution in [-0.4, -0.2) is 50.2 Å². The molecule has 8 nitrogen and oxygen atoms in total. The number of carbonyl (C=O) groups excluding carboxylic acids is 1. The highest BCUT2D eigenvalue weighted by Crippen LogP contribution is 2.21. The van der Waals surface area contributed by atoms with Crippen molar-refractivity contribution in [3.05, 3.63) is 54.4 Å². The fourth-order valence-electron chi connectivity index (χ4n) is 3.34. The van der Waals surface area contributed by atoms with E-state index in [0.717, 1.165) is 37.2 Å². The number of likely N-dealkylation sites (N-methyl/N-ethyl adjacent to an activating group) is 1. The van der Waals surface area contributed by atoms with Crippen LogP contribution in [0.2, 0.25) is 0 Å². The number of imidazole rings is 1. The molecule has 0 aliphatic carbocycles. The van der Waals surface area contributed by atoms with Gasteiger partial charge in [-0.25, -0.2) is 4.98 Å². The number of rotatable bonds is 8. The number of benzene rings is 1. The van der Waals surface area contributed by atoms with Crippen LogP contribution < -0.4 is 5.32 Å². The van der Waals surface area contributed by atoms with E-state index < -0.39 is 0 Å². The fourth-order valence-corrected chi connectivity index (χ4v) is 3.34. The minimum atomic E-state index is -0.321. The van der Waals surface area contributed by atoms with Gasteiger partial charge in [-0.1, -0.05) is 26.0 Å². The number of nitrogens with zero attached hydrogens (tertiary/aromatic N) is 4. The van der Waals surface area contributed by atoms with Crippen LogP contribution in [0.1, 0.15) is 24.3 Å². The molecule has 3 aromatic heterocycles. The van der Waals surface area contributed by atoms with Crippen molar-refractivity contribution in [2.45, 2.75) is 20.4 Å². The van der Waals surface area contributed by atoms with Crippen LogP contribution in [0.5, 0.6) is 0 Å². The molecule has 1 aromatic carbocycles. The van der Waals surface area contributed by atoms with Gasteiger partial charge in [0, 0.05) is 19.2 Å². The number of H-pyrrole nitrogens is 1. The molecule has 0 aliphatic heterocycles. The van der Waals surface area contributed by atoms with Gasteiger partial charge < -0.3 is 13.9 Å². The summed E-state index contributed by atoms with van der Waals surface area (Å²) >= 11 is 0. The Balaban J connectivity index is 1.58. The van der Waals surface area contributed by atoms with Gasteiger partial charge in [0.25, 0.3) is 5.91 Å². The number of anilines is 1. The first-order chi connectivity index (χ1) is 14.2. The Morgan fingerprint density at radius 3 is 2.79 bits per heavy atom. The van der Waals surface area contributed by atoms with Gasteiger partial charge in [-0.05, 0) is 37.4 Å². The van der Waals surface area contributed by atoms with Gasteiger partial charge in [-0.3, -0.25) is 15.2 Å². The first-order valence-corrected chi connectivity index (χ1v) is 9.77. The molecule has 4 rings (SSSR count). The highest BCUT2D eigenvalue weighted by Gasteiger charge is 2.17. The molecule has 0 unspecified atom stereocenters.